The predicted octanol–water partition coefficient (Wildman–Crippen LogP) is 2.64. The maximum absolute atomic E-state index is 12.5. The van der Waals surface area contributed by atoms with E-state index in [1.165, 1.54) is 12.3 Å². The Hall–Kier alpha value is -3.72. The van der Waals surface area contributed by atoms with Crippen LogP contribution in [0.3, 0.4) is 0 Å². The Kier molecular flexibility index (Phi) is 4.73. The lowest BCUT2D eigenvalue weighted by molar-refractivity contribution is -0.128. The van der Waals surface area contributed by atoms with Crippen molar-refractivity contribution in [2.75, 3.05) is 6.54 Å². The number of likely N-dealkylation sites (tertiary alicyclic amines) is 1. The minimum Gasteiger partial charge on any atom is -0.347 e. The Morgan fingerprint density at radius 2 is 2.00 bits per heavy atom. The maximum Gasteiger partial charge on any atom is 0.253 e. The van der Waals surface area contributed by atoms with Gasteiger partial charge in [0.15, 0.2) is 0 Å². The molecule has 6 heteroatoms. The number of pyridine rings is 1. The summed E-state index contributed by atoms with van der Waals surface area (Å²) in [6.07, 6.45) is 1.65. The lowest BCUT2D eigenvalue weighted by Crippen LogP contribution is -2.37. The molecular formula is C22H18N4O2. The zero-order chi connectivity index (χ0) is 19.5. The molecule has 6 nitrogen and oxygen atoms in total. The minimum atomic E-state index is -0.290. The number of fused-ring (bicyclic) bond motifs is 1. The molecule has 1 N–H and O–H groups in total. The van der Waals surface area contributed by atoms with Gasteiger partial charge in [-0.2, -0.15) is 5.26 Å². The van der Waals surface area contributed by atoms with Gasteiger partial charge in [-0.25, -0.2) is 4.98 Å². The second kappa shape index (κ2) is 7.49. The van der Waals surface area contributed by atoms with Gasteiger partial charge in [-0.05, 0) is 28.5 Å². The summed E-state index contributed by atoms with van der Waals surface area (Å²) in [6.45, 7) is 0.989. The second-order valence-corrected chi connectivity index (χ2v) is 6.83. The van der Waals surface area contributed by atoms with Crippen LogP contribution in [0, 0.1) is 11.3 Å². The quantitative estimate of drug-likeness (QED) is 0.765. The number of amides is 2. The molecule has 2 heterocycles. The number of rotatable bonds is 4. The van der Waals surface area contributed by atoms with Crippen molar-refractivity contribution in [2.45, 2.75) is 19.0 Å². The highest BCUT2D eigenvalue weighted by Crippen LogP contribution is 2.22. The molecule has 1 saturated heterocycles. The minimum absolute atomic E-state index is 0.0242. The topological polar surface area (TPSA) is 86.1 Å². The summed E-state index contributed by atoms with van der Waals surface area (Å²) in [6, 6.07) is 18.9. The van der Waals surface area contributed by atoms with Gasteiger partial charge in [0.1, 0.15) is 11.8 Å². The third kappa shape index (κ3) is 3.55. The number of benzene rings is 2. The molecule has 1 fully saturated rings. The largest absolute Gasteiger partial charge is 0.347 e. The Bertz CT molecular complexity index is 1080. The Balaban J connectivity index is 1.43. The molecule has 0 spiro atoms. The van der Waals surface area contributed by atoms with E-state index < -0.39 is 0 Å². The fourth-order valence-corrected chi connectivity index (χ4v) is 3.52. The van der Waals surface area contributed by atoms with E-state index in [1.54, 1.807) is 11.0 Å². The zero-order valence-electron chi connectivity index (χ0n) is 15.1. The van der Waals surface area contributed by atoms with Crippen LogP contribution in [0.1, 0.15) is 28.0 Å². The lowest BCUT2D eigenvalue weighted by atomic mass is 10.0. The van der Waals surface area contributed by atoms with E-state index in [0.29, 0.717) is 18.7 Å². The molecule has 4 rings (SSSR count). The van der Waals surface area contributed by atoms with Crippen LogP contribution in [-0.2, 0) is 11.3 Å². The Morgan fingerprint density at radius 3 is 2.79 bits per heavy atom. The molecule has 28 heavy (non-hydrogen) atoms. The second-order valence-electron chi connectivity index (χ2n) is 6.83. The molecule has 3 aromatic rings. The summed E-state index contributed by atoms with van der Waals surface area (Å²) >= 11 is 0. The SMILES string of the molecule is N#Cc1ccc(C(=O)N[C@@H]2CC(=O)N(Cc3cccc4ccccc34)C2)cn1. The predicted molar refractivity (Wildman–Crippen MR) is 104 cm³/mol. The van der Waals surface area contributed by atoms with Gasteiger partial charge in [-0.1, -0.05) is 42.5 Å². The van der Waals surface area contributed by atoms with Crippen molar-refractivity contribution in [2.24, 2.45) is 0 Å². The molecule has 0 saturated carbocycles. The number of nitrogens with zero attached hydrogens (tertiary/aromatic N) is 3. The highest BCUT2D eigenvalue weighted by Gasteiger charge is 2.31. The van der Waals surface area contributed by atoms with Crippen molar-refractivity contribution in [3.8, 4) is 6.07 Å². The first-order valence-corrected chi connectivity index (χ1v) is 9.05. The maximum atomic E-state index is 12.5. The summed E-state index contributed by atoms with van der Waals surface area (Å²) in [7, 11) is 0. The van der Waals surface area contributed by atoms with Gasteiger partial charge in [0.2, 0.25) is 5.91 Å². The molecule has 0 radical (unpaired) electrons. The number of hydrogen-bond acceptors (Lipinski definition) is 4. The van der Waals surface area contributed by atoms with Crippen LogP contribution in [0.4, 0.5) is 0 Å². The summed E-state index contributed by atoms with van der Waals surface area (Å²) in [4.78, 5) is 30.5. The number of aromatic nitrogens is 1. The van der Waals surface area contributed by atoms with Gasteiger partial charge in [-0.15, -0.1) is 0 Å². The van der Waals surface area contributed by atoms with Gasteiger partial charge >= 0.3 is 0 Å². The van der Waals surface area contributed by atoms with E-state index >= 15 is 0 Å². The van der Waals surface area contributed by atoms with Crippen molar-refractivity contribution < 1.29 is 9.59 Å². The molecule has 2 aromatic carbocycles. The van der Waals surface area contributed by atoms with Gasteiger partial charge in [0.05, 0.1) is 11.6 Å². The molecule has 1 aliphatic rings. The van der Waals surface area contributed by atoms with Crippen molar-refractivity contribution in [3.05, 3.63) is 77.6 Å². The number of nitriles is 1. The summed E-state index contributed by atoms with van der Waals surface area (Å²) in [5.41, 5.74) is 1.72. The molecule has 1 aromatic heterocycles. The van der Waals surface area contributed by atoms with E-state index in [4.69, 9.17) is 5.26 Å². The first-order chi connectivity index (χ1) is 13.6. The molecule has 2 amide bonds. The molecular weight excluding hydrogens is 352 g/mol. The van der Waals surface area contributed by atoms with Crippen LogP contribution in [0.25, 0.3) is 10.8 Å². The molecule has 0 unspecified atom stereocenters. The normalized spacial score (nSPS) is 16.2. The van der Waals surface area contributed by atoms with E-state index in [9.17, 15) is 9.59 Å². The number of carbonyl (C=O) groups is 2. The van der Waals surface area contributed by atoms with Gasteiger partial charge in [0.25, 0.3) is 5.91 Å². The third-order valence-electron chi connectivity index (χ3n) is 4.93. The number of nitrogens with one attached hydrogen (secondary N) is 1. The van der Waals surface area contributed by atoms with Gasteiger partial charge < -0.3 is 10.2 Å². The van der Waals surface area contributed by atoms with Crippen LogP contribution in [0.5, 0.6) is 0 Å². The third-order valence-corrected chi connectivity index (χ3v) is 4.93. The van der Waals surface area contributed by atoms with E-state index in [-0.39, 0.29) is 30.0 Å². The van der Waals surface area contributed by atoms with Crippen LogP contribution in [-0.4, -0.2) is 34.3 Å². The van der Waals surface area contributed by atoms with Crippen molar-refractivity contribution in [3.63, 3.8) is 0 Å². The van der Waals surface area contributed by atoms with Crippen LogP contribution >= 0.6 is 0 Å². The van der Waals surface area contributed by atoms with Gasteiger partial charge in [0, 0.05) is 25.7 Å². The van der Waals surface area contributed by atoms with Crippen molar-refractivity contribution >= 4 is 22.6 Å². The number of hydrogen-bond donors (Lipinski definition) is 1. The average Bonchev–Trinajstić information content (AvgIpc) is 3.07. The standard InChI is InChI=1S/C22H18N4O2/c23-11-18-9-8-16(12-24-18)22(28)25-19-10-21(27)26(14-19)13-17-6-3-5-15-4-1-2-7-20(15)17/h1-9,12,19H,10,13-14H2,(H,25,28)/t19-/m1/s1. The Morgan fingerprint density at radius 1 is 1.18 bits per heavy atom. The molecule has 1 aliphatic heterocycles. The smallest absolute Gasteiger partial charge is 0.253 e. The van der Waals surface area contributed by atoms with Crippen molar-refractivity contribution in [1.29, 1.82) is 5.26 Å². The van der Waals surface area contributed by atoms with E-state index in [1.807, 2.05) is 30.3 Å². The summed E-state index contributed by atoms with van der Waals surface area (Å²) in [5, 5.41) is 14.0. The first kappa shape index (κ1) is 17.7. The fourth-order valence-electron chi connectivity index (χ4n) is 3.52. The molecule has 0 aliphatic carbocycles. The van der Waals surface area contributed by atoms with Crippen molar-refractivity contribution in [1.82, 2.24) is 15.2 Å². The zero-order valence-corrected chi connectivity index (χ0v) is 15.1. The lowest BCUT2D eigenvalue weighted by Gasteiger charge is -2.18. The van der Waals surface area contributed by atoms with Gasteiger partial charge in [-0.3, -0.25) is 9.59 Å². The highest BCUT2D eigenvalue weighted by atomic mass is 16.2. The van der Waals surface area contributed by atoms with Crippen LogP contribution < -0.4 is 5.32 Å². The summed E-state index contributed by atoms with van der Waals surface area (Å²) < 4.78 is 0. The molecule has 1 atom stereocenters. The highest BCUT2D eigenvalue weighted by molar-refractivity contribution is 5.95. The summed E-state index contributed by atoms with van der Waals surface area (Å²) in [5.74, 6) is -0.266. The average molecular weight is 370 g/mol. The first-order valence-electron chi connectivity index (χ1n) is 9.05. The Labute approximate surface area is 162 Å². The number of carbonyl (C=O) groups excluding carboxylic acids is 2. The van der Waals surface area contributed by atoms with Crippen LogP contribution in [0.2, 0.25) is 0 Å². The molecule has 0 bridgehead atoms. The van der Waals surface area contributed by atoms with E-state index in [0.717, 1.165) is 16.3 Å². The monoisotopic (exact) mass is 370 g/mol. The van der Waals surface area contributed by atoms with Crippen LogP contribution in [0.15, 0.2) is 60.8 Å². The molecule has 138 valence electrons. The fraction of sp³-hybridized carbons (Fsp3) is 0.182. The van der Waals surface area contributed by atoms with E-state index in [2.05, 4.69) is 28.5 Å².